The van der Waals surface area contributed by atoms with Crippen LogP contribution in [-0.4, -0.2) is 13.1 Å². The summed E-state index contributed by atoms with van der Waals surface area (Å²) in [5, 5.41) is 2.26. The number of fused-ring (bicyclic) bond motifs is 2. The molecule has 0 amide bonds. The summed E-state index contributed by atoms with van der Waals surface area (Å²) < 4.78 is 11.1. The van der Waals surface area contributed by atoms with Crippen molar-refractivity contribution in [3.63, 3.8) is 0 Å². The smallest absolute Gasteiger partial charge is 0.335 e. The molecule has 4 heteroatoms. The van der Waals surface area contributed by atoms with Gasteiger partial charge in [0.1, 0.15) is 11.5 Å². The van der Waals surface area contributed by atoms with Crippen LogP contribution in [0.5, 0.6) is 11.5 Å². The maximum atomic E-state index is 11.7. The Morgan fingerprint density at radius 2 is 1.86 bits per heavy atom. The minimum atomic E-state index is -0.474. The van der Waals surface area contributed by atoms with Crippen LogP contribution in [0, 0.1) is 0 Å². The Morgan fingerprint density at radius 3 is 2.50 bits per heavy atom. The molecule has 0 atom stereocenters. The van der Waals surface area contributed by atoms with Gasteiger partial charge in [-0.1, -0.05) is 30.3 Å². The number of rotatable bonds is 3. The van der Waals surface area contributed by atoms with Crippen molar-refractivity contribution in [3.8, 4) is 11.5 Å². The van der Waals surface area contributed by atoms with E-state index in [1.165, 1.54) is 0 Å². The third-order valence-electron chi connectivity index (χ3n) is 3.77. The van der Waals surface area contributed by atoms with Gasteiger partial charge in [-0.15, -0.1) is 0 Å². The van der Waals surface area contributed by atoms with Crippen molar-refractivity contribution in [3.05, 3.63) is 59.2 Å². The lowest BCUT2D eigenvalue weighted by Gasteiger charge is -2.21. The third-order valence-corrected chi connectivity index (χ3v) is 4.00. The standard InChI is InChI=1S/C18H15ClO3/c1-3-16(20)22-18-13-7-5-4-6-12(13)17(21-2)15-10-11(19)8-9-14(15)18/h3-5,8-10H,1,6-7H2,2H3. The van der Waals surface area contributed by atoms with Crippen LogP contribution in [-0.2, 0) is 17.6 Å². The largest absolute Gasteiger partial charge is 0.496 e. The SMILES string of the molecule is C=CC(=O)Oc1c2c(c(OC)c3cc(Cl)ccc13)CC=CC2. The van der Waals surface area contributed by atoms with Crippen LogP contribution in [0.2, 0.25) is 5.02 Å². The average Bonchev–Trinajstić information content (AvgIpc) is 2.54. The monoisotopic (exact) mass is 314 g/mol. The van der Waals surface area contributed by atoms with E-state index in [-0.39, 0.29) is 0 Å². The maximum absolute atomic E-state index is 11.7. The molecule has 0 saturated heterocycles. The number of benzene rings is 2. The van der Waals surface area contributed by atoms with Gasteiger partial charge in [0.25, 0.3) is 0 Å². The molecule has 0 saturated carbocycles. The molecule has 1 aliphatic rings. The number of methoxy groups -OCH3 is 1. The summed E-state index contributed by atoms with van der Waals surface area (Å²) in [6.45, 7) is 3.46. The van der Waals surface area contributed by atoms with E-state index in [0.717, 1.165) is 40.1 Å². The molecular formula is C18H15ClO3. The number of halogens is 1. The van der Waals surface area contributed by atoms with Crippen molar-refractivity contribution >= 4 is 28.3 Å². The van der Waals surface area contributed by atoms with Gasteiger partial charge in [-0.3, -0.25) is 0 Å². The zero-order chi connectivity index (χ0) is 15.7. The van der Waals surface area contributed by atoms with E-state index in [4.69, 9.17) is 21.1 Å². The van der Waals surface area contributed by atoms with Crippen LogP contribution in [0.25, 0.3) is 10.8 Å². The second kappa shape index (κ2) is 5.85. The lowest BCUT2D eigenvalue weighted by Crippen LogP contribution is -2.10. The summed E-state index contributed by atoms with van der Waals surface area (Å²) in [7, 11) is 1.64. The zero-order valence-electron chi connectivity index (χ0n) is 12.2. The third kappa shape index (κ3) is 2.38. The van der Waals surface area contributed by atoms with Crippen LogP contribution in [0.4, 0.5) is 0 Å². The van der Waals surface area contributed by atoms with Gasteiger partial charge in [-0.25, -0.2) is 4.79 Å². The molecule has 0 spiro atoms. The molecule has 2 aromatic rings. The molecule has 1 aliphatic carbocycles. The van der Waals surface area contributed by atoms with Crippen LogP contribution in [0.3, 0.4) is 0 Å². The minimum Gasteiger partial charge on any atom is -0.496 e. The van der Waals surface area contributed by atoms with Gasteiger partial charge in [0.15, 0.2) is 0 Å². The van der Waals surface area contributed by atoms with Crippen molar-refractivity contribution < 1.29 is 14.3 Å². The Bertz CT molecular complexity index is 806. The van der Waals surface area contributed by atoms with Gasteiger partial charge in [0.05, 0.1) is 7.11 Å². The van der Waals surface area contributed by atoms with E-state index in [0.29, 0.717) is 17.2 Å². The van der Waals surface area contributed by atoms with E-state index in [9.17, 15) is 4.79 Å². The second-order valence-electron chi connectivity index (χ2n) is 5.01. The first-order valence-corrected chi connectivity index (χ1v) is 7.33. The Balaban J connectivity index is 2.37. The summed E-state index contributed by atoms with van der Waals surface area (Å²) >= 11 is 6.12. The molecule has 3 nitrogen and oxygen atoms in total. The van der Waals surface area contributed by atoms with Gasteiger partial charge in [-0.2, -0.15) is 0 Å². The first-order chi connectivity index (χ1) is 10.7. The predicted molar refractivity (Wildman–Crippen MR) is 87.9 cm³/mol. The van der Waals surface area contributed by atoms with Crippen LogP contribution < -0.4 is 9.47 Å². The number of hydrogen-bond acceptors (Lipinski definition) is 3. The topological polar surface area (TPSA) is 35.5 Å². The van der Waals surface area contributed by atoms with Gasteiger partial charge in [0.2, 0.25) is 0 Å². The average molecular weight is 315 g/mol. The molecule has 0 bridgehead atoms. The fraction of sp³-hybridized carbons (Fsp3) is 0.167. The summed E-state index contributed by atoms with van der Waals surface area (Å²) in [5.41, 5.74) is 2.01. The molecule has 2 aromatic carbocycles. The quantitative estimate of drug-likeness (QED) is 0.368. The zero-order valence-corrected chi connectivity index (χ0v) is 12.9. The molecule has 0 heterocycles. The van der Waals surface area contributed by atoms with Crippen LogP contribution in [0.15, 0.2) is 43.0 Å². The predicted octanol–water partition coefficient (Wildman–Crippen LogP) is 4.25. The van der Waals surface area contributed by atoms with Crippen molar-refractivity contribution in [2.75, 3.05) is 7.11 Å². The summed E-state index contributed by atoms with van der Waals surface area (Å²) in [6, 6.07) is 5.46. The summed E-state index contributed by atoms with van der Waals surface area (Å²) in [4.78, 5) is 11.7. The Labute approximate surface area is 133 Å². The van der Waals surface area contributed by atoms with Crippen molar-refractivity contribution in [1.29, 1.82) is 0 Å². The van der Waals surface area contributed by atoms with E-state index < -0.39 is 5.97 Å². The summed E-state index contributed by atoms with van der Waals surface area (Å²) in [6.07, 6.45) is 6.75. The Morgan fingerprint density at radius 1 is 1.18 bits per heavy atom. The van der Waals surface area contributed by atoms with Crippen molar-refractivity contribution in [2.24, 2.45) is 0 Å². The molecule has 0 radical (unpaired) electrons. The highest BCUT2D eigenvalue weighted by Gasteiger charge is 2.22. The molecule has 0 fully saturated rings. The van der Waals surface area contributed by atoms with E-state index in [1.54, 1.807) is 13.2 Å². The molecule has 112 valence electrons. The lowest BCUT2D eigenvalue weighted by atomic mass is 9.90. The number of allylic oxidation sites excluding steroid dienone is 2. The van der Waals surface area contributed by atoms with Gasteiger partial charge >= 0.3 is 5.97 Å². The number of carbonyl (C=O) groups excluding carboxylic acids is 1. The van der Waals surface area contributed by atoms with Gasteiger partial charge < -0.3 is 9.47 Å². The second-order valence-corrected chi connectivity index (χ2v) is 5.45. The number of ether oxygens (including phenoxy) is 2. The normalized spacial score (nSPS) is 12.8. The van der Waals surface area contributed by atoms with Gasteiger partial charge in [-0.05, 0) is 31.0 Å². The summed E-state index contributed by atoms with van der Waals surface area (Å²) in [5.74, 6) is 0.880. The molecule has 3 rings (SSSR count). The minimum absolute atomic E-state index is 0.474. The van der Waals surface area contributed by atoms with E-state index >= 15 is 0 Å². The maximum Gasteiger partial charge on any atom is 0.335 e. The van der Waals surface area contributed by atoms with Crippen LogP contribution in [0.1, 0.15) is 11.1 Å². The molecule has 0 unspecified atom stereocenters. The molecule has 0 aromatic heterocycles. The Kier molecular flexibility index (Phi) is 3.90. The number of esters is 1. The number of carbonyl (C=O) groups is 1. The van der Waals surface area contributed by atoms with Crippen molar-refractivity contribution in [2.45, 2.75) is 12.8 Å². The van der Waals surface area contributed by atoms with Crippen LogP contribution >= 0.6 is 11.6 Å². The fourth-order valence-electron chi connectivity index (χ4n) is 2.83. The lowest BCUT2D eigenvalue weighted by molar-refractivity contribution is -0.128. The first-order valence-electron chi connectivity index (χ1n) is 6.96. The highest BCUT2D eigenvalue weighted by Crippen LogP contribution is 2.43. The fourth-order valence-corrected chi connectivity index (χ4v) is 3.00. The van der Waals surface area contributed by atoms with E-state index in [1.807, 2.05) is 12.1 Å². The molecule has 22 heavy (non-hydrogen) atoms. The highest BCUT2D eigenvalue weighted by atomic mass is 35.5. The number of hydrogen-bond donors (Lipinski definition) is 0. The van der Waals surface area contributed by atoms with Crippen molar-refractivity contribution in [1.82, 2.24) is 0 Å². The highest BCUT2D eigenvalue weighted by molar-refractivity contribution is 6.31. The Hall–Kier alpha value is -2.26. The molecule has 0 N–H and O–H groups in total. The van der Waals surface area contributed by atoms with E-state index in [2.05, 4.69) is 18.7 Å². The molecular weight excluding hydrogens is 300 g/mol. The molecule has 0 aliphatic heterocycles. The first kappa shape index (κ1) is 14.7. The van der Waals surface area contributed by atoms with Gasteiger partial charge in [0, 0.05) is 33.0 Å².